The SMILES string of the molecule is C#Cc1c(F)ccc2cc(O)cc(-c3ncc4c(N5CC6CCC(C5)N6)nc(OC[C@]56CCCN5[C@H](COC(=O)N5CC(Oc7cc([C@@H](C(=O)N8C[C@H](O)C[C@H]8C(=O)N[C@@H](C)c8ccc(-c9scnc9C)cc8)C(C)C)on7)C5)CC6)nc4c3F)c12. The number of carbonyl (C=O) groups is 3. The van der Waals surface area contributed by atoms with Crippen molar-refractivity contribution in [1.29, 1.82) is 0 Å². The van der Waals surface area contributed by atoms with Crippen molar-refractivity contribution in [3.63, 3.8) is 0 Å². The Kier molecular flexibility index (Phi) is 15.3. The average Bonchev–Trinajstić information content (AvgIpc) is 1.37. The van der Waals surface area contributed by atoms with Gasteiger partial charge in [-0.3, -0.25) is 19.5 Å². The molecule has 20 nitrogen and oxygen atoms in total. The predicted molar refractivity (Wildman–Crippen MR) is 316 cm³/mol. The van der Waals surface area contributed by atoms with Gasteiger partial charge >= 0.3 is 12.1 Å². The van der Waals surface area contributed by atoms with Crippen molar-refractivity contribution in [2.45, 2.75) is 127 Å². The number of aliphatic hydroxyl groups is 1. The van der Waals surface area contributed by atoms with E-state index in [1.54, 1.807) is 22.3 Å². The highest BCUT2D eigenvalue weighted by Crippen LogP contribution is 2.45. The second-order valence-corrected chi connectivity index (χ2v) is 25.1. The Morgan fingerprint density at radius 2 is 1.78 bits per heavy atom. The fourth-order valence-corrected chi connectivity index (χ4v) is 14.7. The van der Waals surface area contributed by atoms with Crippen molar-refractivity contribution >= 4 is 56.7 Å². The molecule has 10 heterocycles. The minimum atomic E-state index is -0.895. The van der Waals surface area contributed by atoms with E-state index < -0.39 is 47.4 Å². The molecule has 6 aliphatic heterocycles. The van der Waals surface area contributed by atoms with Crippen LogP contribution >= 0.6 is 11.3 Å². The van der Waals surface area contributed by atoms with Crippen molar-refractivity contribution in [2.75, 3.05) is 57.4 Å². The van der Waals surface area contributed by atoms with Gasteiger partial charge in [-0.2, -0.15) is 9.97 Å². The van der Waals surface area contributed by atoms with Gasteiger partial charge < -0.3 is 54.3 Å². The number of ether oxygens (including phenoxy) is 3. The fraction of sp³-hybridized carbons (Fsp3) is 0.460. The second kappa shape index (κ2) is 23.0. The molecule has 3 amide bonds. The summed E-state index contributed by atoms with van der Waals surface area (Å²) in [5.74, 6) is -0.132. The van der Waals surface area contributed by atoms with Gasteiger partial charge in [-0.25, -0.2) is 18.6 Å². The number of nitrogens with one attached hydrogen (secondary N) is 2. The van der Waals surface area contributed by atoms with Crippen molar-refractivity contribution in [3.8, 4) is 51.7 Å². The Morgan fingerprint density at radius 3 is 2.52 bits per heavy atom. The third-order valence-corrected chi connectivity index (χ3v) is 19.3. The molecule has 2 bridgehead atoms. The number of phenols is 1. The summed E-state index contributed by atoms with van der Waals surface area (Å²) in [6.07, 6.45) is 10.9. The molecule has 3 aromatic carbocycles. The molecule has 8 atom stereocenters. The van der Waals surface area contributed by atoms with Crippen LogP contribution in [0.25, 0.3) is 43.4 Å². The highest BCUT2D eigenvalue weighted by Gasteiger charge is 2.51. The second-order valence-electron chi connectivity index (χ2n) is 24.2. The number of nitrogens with zero attached hydrogens (tertiary/aromatic N) is 9. The lowest BCUT2D eigenvalue weighted by Gasteiger charge is -2.38. The summed E-state index contributed by atoms with van der Waals surface area (Å²) in [6.45, 7) is 10.5. The van der Waals surface area contributed by atoms with E-state index in [0.717, 1.165) is 66.8 Å². The van der Waals surface area contributed by atoms with Crippen molar-refractivity contribution in [1.82, 2.24) is 50.4 Å². The topological polar surface area (TPSA) is 234 Å². The van der Waals surface area contributed by atoms with E-state index in [1.165, 1.54) is 35.4 Å². The van der Waals surface area contributed by atoms with E-state index in [4.69, 9.17) is 35.1 Å². The van der Waals surface area contributed by atoms with E-state index >= 15 is 8.78 Å². The quantitative estimate of drug-likeness (QED) is 0.0671. The van der Waals surface area contributed by atoms with Crippen LogP contribution in [-0.4, -0.2) is 162 Å². The summed E-state index contributed by atoms with van der Waals surface area (Å²) in [7, 11) is 0. The van der Waals surface area contributed by atoms with Gasteiger partial charge in [0, 0.05) is 67.4 Å². The zero-order valence-electron chi connectivity index (χ0n) is 48.2. The molecule has 2 unspecified atom stereocenters. The number of hydrogen-bond donors (Lipinski definition) is 4. The summed E-state index contributed by atoms with van der Waals surface area (Å²) in [4.78, 5) is 68.8. The number of likely N-dealkylation sites (tertiary alicyclic amines) is 2. The number of β-amino-alcohol motifs (C(OH)–C–C–N with tert-alkyl or cyclic N) is 1. The Bertz CT molecular complexity index is 3800. The zero-order chi connectivity index (χ0) is 59.7. The van der Waals surface area contributed by atoms with E-state index in [-0.39, 0.29) is 132 Å². The van der Waals surface area contributed by atoms with E-state index in [2.05, 4.69) is 41.5 Å². The standard InChI is InChI=1S/C63H67F2N11O9S/c1-6-45-48(64)15-12-38-20-42(77)21-46(53(38)45)55-54(65)56-47(24-66-55)58(73-25-39-13-14-40(26-73)69-39)71-61(70-56)83-31-63-17-7-19-76(63)41(16-18-63)30-82-62(81)74-28-44(29-74)84-51-23-50(85-72-51)52(33(2)3)60(80)75-27-43(78)22-49(75)59(79)68-34(4)36-8-10-37(11-9-36)57-35(5)67-32-86-57/h1,8-12,15,20-21,23-24,32-34,39-41,43-44,49,52,69,77-78H,7,13-14,16-19,22,25-31H2,2-5H3,(H,68,79)/t34-,39?,40?,41-,43+,49-,52-,63+/m0/s1. The first-order chi connectivity index (χ1) is 41.5. The molecule has 0 radical (unpaired) electrons. The van der Waals surface area contributed by atoms with Crippen molar-refractivity contribution in [2.24, 2.45) is 5.92 Å². The number of anilines is 1. The van der Waals surface area contributed by atoms with Gasteiger partial charge in [0.05, 0.1) is 57.8 Å². The number of aromatic hydroxyl groups is 1. The lowest BCUT2D eigenvalue weighted by Crippen LogP contribution is -2.56. The first-order valence-electron chi connectivity index (χ1n) is 29.5. The Morgan fingerprint density at radius 1 is 0.988 bits per heavy atom. The summed E-state index contributed by atoms with van der Waals surface area (Å²) >= 11 is 1.57. The Labute approximate surface area is 499 Å². The smallest absolute Gasteiger partial charge is 0.410 e. The largest absolute Gasteiger partial charge is 0.508 e. The van der Waals surface area contributed by atoms with Crippen LogP contribution in [-0.2, 0) is 14.3 Å². The molecular formula is C63H67F2N11O9S. The van der Waals surface area contributed by atoms with Crippen molar-refractivity contribution in [3.05, 3.63) is 101 Å². The third-order valence-electron chi connectivity index (χ3n) is 18.3. The van der Waals surface area contributed by atoms with Crippen LogP contribution in [0, 0.1) is 36.8 Å². The molecule has 6 aliphatic rings. The Hall–Kier alpha value is -8.04. The number of rotatable bonds is 16. The van der Waals surface area contributed by atoms with Gasteiger partial charge in [0.1, 0.15) is 59.9 Å². The molecule has 4 N–H and O–H groups in total. The van der Waals surface area contributed by atoms with E-state index in [9.17, 15) is 24.6 Å². The minimum Gasteiger partial charge on any atom is -0.508 e. The Balaban J connectivity index is 0.629. The molecule has 7 aromatic rings. The number of aromatic nitrogens is 5. The van der Waals surface area contributed by atoms with Gasteiger partial charge in [0.25, 0.3) is 5.88 Å². The molecular weight excluding hydrogens is 1120 g/mol. The van der Waals surface area contributed by atoms with Crippen LogP contribution in [0.2, 0.25) is 0 Å². The molecule has 23 heteroatoms. The number of aryl methyl sites for hydroxylation is 1. The van der Waals surface area contributed by atoms with Crippen LogP contribution in [0.15, 0.2) is 70.8 Å². The number of piperazine rings is 1. The fourth-order valence-electron chi connectivity index (χ4n) is 13.9. The number of pyridine rings is 1. The number of benzene rings is 3. The summed E-state index contributed by atoms with van der Waals surface area (Å²) in [5, 5.41) is 33.4. The first kappa shape index (κ1) is 57.1. The lowest BCUT2D eigenvalue weighted by atomic mass is 9.91. The van der Waals surface area contributed by atoms with Crippen LogP contribution in [0.4, 0.5) is 19.4 Å². The number of phenolic OH excluding ortho intramolecular Hbond substituents is 1. The monoisotopic (exact) mass is 1190 g/mol. The molecule has 6 saturated heterocycles. The number of hydrogen-bond acceptors (Lipinski definition) is 18. The van der Waals surface area contributed by atoms with Gasteiger partial charge in [0.2, 0.25) is 11.8 Å². The molecule has 448 valence electrons. The van der Waals surface area contributed by atoms with Crippen molar-refractivity contribution < 1.29 is 52.1 Å². The maximum atomic E-state index is 17.3. The highest BCUT2D eigenvalue weighted by molar-refractivity contribution is 7.13. The van der Waals surface area contributed by atoms with Crippen LogP contribution < -0.4 is 25.0 Å². The normalized spacial score (nSPS) is 23.6. The first-order valence-corrected chi connectivity index (χ1v) is 30.4. The number of fused-ring (bicyclic) bond motifs is 5. The maximum absolute atomic E-state index is 17.3. The molecule has 4 aromatic heterocycles. The van der Waals surface area contributed by atoms with Crippen LogP contribution in [0.5, 0.6) is 17.6 Å². The number of aliphatic hydroxyl groups excluding tert-OH is 1. The summed E-state index contributed by atoms with van der Waals surface area (Å²) in [6, 6.07) is 14.1. The molecule has 13 rings (SSSR count). The number of carbonyl (C=O) groups excluding carboxylic acids is 3. The third kappa shape index (κ3) is 10.7. The van der Waals surface area contributed by atoms with Gasteiger partial charge in [0.15, 0.2) is 11.6 Å². The highest BCUT2D eigenvalue weighted by atomic mass is 32.1. The maximum Gasteiger partial charge on any atom is 0.410 e. The zero-order valence-corrected chi connectivity index (χ0v) is 49.0. The molecule has 86 heavy (non-hydrogen) atoms. The van der Waals surface area contributed by atoms with Crippen LogP contribution in [0.3, 0.4) is 0 Å². The van der Waals surface area contributed by atoms with Gasteiger partial charge in [-0.05, 0) is 105 Å². The lowest BCUT2D eigenvalue weighted by molar-refractivity contribution is -0.141. The number of terminal acetylenes is 1. The van der Waals surface area contributed by atoms with Gasteiger partial charge in [-0.1, -0.05) is 50.1 Å². The van der Waals surface area contributed by atoms with E-state index in [0.29, 0.717) is 29.7 Å². The average molecular weight is 1190 g/mol. The molecule has 0 saturated carbocycles. The van der Waals surface area contributed by atoms with Gasteiger partial charge in [-0.15, -0.1) is 17.8 Å². The number of halogens is 2. The summed E-state index contributed by atoms with van der Waals surface area (Å²) < 4.78 is 56.8. The van der Waals surface area contributed by atoms with Crippen LogP contribution in [0.1, 0.15) is 100 Å². The predicted octanol–water partition coefficient (Wildman–Crippen LogP) is 8.03. The minimum absolute atomic E-state index is 0.00369. The number of thiazole rings is 1. The van der Waals surface area contributed by atoms with E-state index in [1.807, 2.05) is 57.5 Å². The molecule has 0 spiro atoms. The molecule has 0 aliphatic carbocycles. The summed E-state index contributed by atoms with van der Waals surface area (Å²) in [5.41, 5.74) is 4.15. The number of amides is 3. The molecule has 6 fully saturated rings.